The van der Waals surface area contributed by atoms with Crippen molar-refractivity contribution in [3.63, 3.8) is 0 Å². The summed E-state index contributed by atoms with van der Waals surface area (Å²) in [5.74, 6) is 0.917. The minimum Gasteiger partial charge on any atom is -0.378 e. The maximum absolute atomic E-state index is 11.0. The second-order valence-corrected chi connectivity index (χ2v) is 4.31. The number of morpholine rings is 1. The maximum atomic E-state index is 11.0. The molecule has 1 aliphatic heterocycles. The van der Waals surface area contributed by atoms with Crippen LogP contribution in [-0.4, -0.2) is 37.6 Å². The molecule has 1 aromatic heterocycles. The lowest BCUT2D eigenvalue weighted by atomic mass is 10.1. The number of hydrogen-bond donors (Lipinski definition) is 0. The SMILES string of the molecule is O=Cc1cccc2ccc(N3CCOCC3)nc12. The van der Waals surface area contributed by atoms with Crippen LogP contribution in [0.4, 0.5) is 5.82 Å². The summed E-state index contributed by atoms with van der Waals surface area (Å²) in [6.45, 7) is 3.16. The van der Waals surface area contributed by atoms with Crippen LogP contribution in [0, 0.1) is 0 Å². The van der Waals surface area contributed by atoms with Gasteiger partial charge in [-0.05, 0) is 18.2 Å². The number of carbonyl (C=O) groups excluding carboxylic acids is 1. The van der Waals surface area contributed by atoms with Gasteiger partial charge >= 0.3 is 0 Å². The van der Waals surface area contributed by atoms with Crippen molar-refractivity contribution in [3.8, 4) is 0 Å². The number of aromatic nitrogens is 1. The van der Waals surface area contributed by atoms with Crippen LogP contribution < -0.4 is 4.90 Å². The summed E-state index contributed by atoms with van der Waals surface area (Å²) in [6, 6.07) is 9.66. The van der Waals surface area contributed by atoms with Crippen molar-refractivity contribution in [1.29, 1.82) is 0 Å². The summed E-state index contributed by atoms with van der Waals surface area (Å²) >= 11 is 0. The summed E-state index contributed by atoms with van der Waals surface area (Å²) in [5, 5.41) is 0.997. The first-order chi connectivity index (χ1) is 8.88. The third-order valence-electron chi connectivity index (χ3n) is 3.20. The Balaban J connectivity index is 2.06. The van der Waals surface area contributed by atoms with Crippen molar-refractivity contribution in [2.24, 2.45) is 0 Å². The summed E-state index contributed by atoms with van der Waals surface area (Å²) in [7, 11) is 0. The Bertz CT molecular complexity index is 577. The molecule has 0 radical (unpaired) electrons. The highest BCUT2D eigenvalue weighted by Crippen LogP contribution is 2.21. The number of hydrogen-bond acceptors (Lipinski definition) is 4. The molecule has 1 aliphatic rings. The topological polar surface area (TPSA) is 42.4 Å². The van der Waals surface area contributed by atoms with Crippen molar-refractivity contribution in [3.05, 3.63) is 35.9 Å². The number of carbonyl (C=O) groups is 1. The highest BCUT2D eigenvalue weighted by Gasteiger charge is 2.13. The fourth-order valence-electron chi connectivity index (χ4n) is 2.22. The van der Waals surface area contributed by atoms with Crippen molar-refractivity contribution < 1.29 is 9.53 Å². The molecule has 0 N–H and O–H groups in total. The van der Waals surface area contributed by atoms with Gasteiger partial charge in [0.15, 0.2) is 6.29 Å². The van der Waals surface area contributed by atoms with Crippen LogP contribution in [-0.2, 0) is 4.74 Å². The number of fused-ring (bicyclic) bond motifs is 1. The van der Waals surface area contributed by atoms with Crippen LogP contribution in [0.2, 0.25) is 0 Å². The van der Waals surface area contributed by atoms with Crippen molar-refractivity contribution in [2.75, 3.05) is 31.2 Å². The molecule has 0 spiro atoms. The molecule has 1 saturated heterocycles. The summed E-state index contributed by atoms with van der Waals surface area (Å²) < 4.78 is 5.33. The number of nitrogens with zero attached hydrogens (tertiary/aromatic N) is 2. The molecule has 3 rings (SSSR count). The van der Waals surface area contributed by atoms with Gasteiger partial charge in [0.25, 0.3) is 0 Å². The first-order valence-corrected chi connectivity index (χ1v) is 6.06. The number of pyridine rings is 1. The molecule has 0 unspecified atom stereocenters. The van der Waals surface area contributed by atoms with Gasteiger partial charge in [0.2, 0.25) is 0 Å². The quantitative estimate of drug-likeness (QED) is 0.754. The molecule has 4 heteroatoms. The molecule has 0 aliphatic carbocycles. The Labute approximate surface area is 105 Å². The molecule has 4 nitrogen and oxygen atoms in total. The fraction of sp³-hybridized carbons (Fsp3) is 0.286. The molecule has 1 fully saturated rings. The zero-order chi connectivity index (χ0) is 12.4. The zero-order valence-corrected chi connectivity index (χ0v) is 10.0. The predicted molar refractivity (Wildman–Crippen MR) is 70.2 cm³/mol. The highest BCUT2D eigenvalue weighted by molar-refractivity contribution is 5.96. The minimum absolute atomic E-state index is 0.641. The lowest BCUT2D eigenvalue weighted by Gasteiger charge is -2.28. The molecule has 0 saturated carbocycles. The highest BCUT2D eigenvalue weighted by atomic mass is 16.5. The van der Waals surface area contributed by atoms with E-state index in [1.165, 1.54) is 0 Å². The van der Waals surface area contributed by atoms with Gasteiger partial charge in [0, 0.05) is 24.0 Å². The largest absolute Gasteiger partial charge is 0.378 e. The van der Waals surface area contributed by atoms with Crippen LogP contribution in [0.1, 0.15) is 10.4 Å². The third-order valence-corrected chi connectivity index (χ3v) is 3.20. The monoisotopic (exact) mass is 242 g/mol. The molecule has 92 valence electrons. The van der Waals surface area contributed by atoms with Gasteiger partial charge in [-0.1, -0.05) is 12.1 Å². The molecule has 18 heavy (non-hydrogen) atoms. The Morgan fingerprint density at radius 1 is 1.17 bits per heavy atom. The van der Waals surface area contributed by atoms with Crippen LogP contribution in [0.5, 0.6) is 0 Å². The lowest BCUT2D eigenvalue weighted by molar-refractivity contribution is 0.112. The van der Waals surface area contributed by atoms with E-state index in [9.17, 15) is 4.79 Å². The minimum atomic E-state index is 0.641. The Morgan fingerprint density at radius 2 is 2.00 bits per heavy atom. The van der Waals surface area contributed by atoms with E-state index in [1.54, 1.807) is 6.07 Å². The number of anilines is 1. The van der Waals surface area contributed by atoms with Gasteiger partial charge in [0.1, 0.15) is 5.82 Å². The van der Waals surface area contributed by atoms with E-state index in [4.69, 9.17) is 4.74 Å². The number of para-hydroxylation sites is 1. The van der Waals surface area contributed by atoms with Gasteiger partial charge in [-0.15, -0.1) is 0 Å². The first-order valence-electron chi connectivity index (χ1n) is 6.06. The van der Waals surface area contributed by atoms with Crippen molar-refractivity contribution >= 4 is 23.0 Å². The van der Waals surface area contributed by atoms with Gasteiger partial charge < -0.3 is 9.64 Å². The molecular weight excluding hydrogens is 228 g/mol. The van der Waals surface area contributed by atoms with Crippen LogP contribution >= 0.6 is 0 Å². The predicted octanol–water partition coefficient (Wildman–Crippen LogP) is 1.88. The zero-order valence-electron chi connectivity index (χ0n) is 10.0. The van der Waals surface area contributed by atoms with Crippen LogP contribution in [0.15, 0.2) is 30.3 Å². The van der Waals surface area contributed by atoms with Crippen molar-refractivity contribution in [1.82, 2.24) is 4.98 Å². The molecule has 2 aromatic rings. The van der Waals surface area contributed by atoms with E-state index in [0.29, 0.717) is 5.56 Å². The van der Waals surface area contributed by atoms with Crippen LogP contribution in [0.3, 0.4) is 0 Å². The van der Waals surface area contributed by atoms with E-state index in [-0.39, 0.29) is 0 Å². The molecule has 0 bridgehead atoms. The van der Waals surface area contributed by atoms with Gasteiger partial charge in [-0.3, -0.25) is 4.79 Å². The Hall–Kier alpha value is -1.94. The number of ether oxygens (including phenoxy) is 1. The standard InChI is InChI=1S/C14H14N2O2/c17-10-12-3-1-2-11-4-5-13(15-14(11)12)16-6-8-18-9-7-16/h1-5,10H,6-9H2. The first kappa shape index (κ1) is 11.2. The summed E-state index contributed by atoms with van der Waals surface area (Å²) in [6.07, 6.45) is 0.860. The van der Waals surface area contributed by atoms with E-state index in [2.05, 4.69) is 9.88 Å². The van der Waals surface area contributed by atoms with Gasteiger partial charge in [0.05, 0.1) is 18.7 Å². The number of aldehydes is 1. The molecule has 1 aromatic carbocycles. The van der Waals surface area contributed by atoms with Gasteiger partial charge in [-0.2, -0.15) is 0 Å². The summed E-state index contributed by atoms with van der Waals surface area (Å²) in [4.78, 5) is 17.8. The smallest absolute Gasteiger partial charge is 0.152 e. The summed E-state index contributed by atoms with van der Waals surface area (Å²) in [5.41, 5.74) is 1.42. The second-order valence-electron chi connectivity index (χ2n) is 4.31. The molecule has 0 atom stereocenters. The lowest BCUT2D eigenvalue weighted by Crippen LogP contribution is -2.36. The van der Waals surface area contributed by atoms with E-state index < -0.39 is 0 Å². The van der Waals surface area contributed by atoms with E-state index >= 15 is 0 Å². The van der Waals surface area contributed by atoms with E-state index in [0.717, 1.165) is 49.3 Å². The average Bonchev–Trinajstić information content (AvgIpc) is 2.47. The Morgan fingerprint density at radius 3 is 2.78 bits per heavy atom. The fourth-order valence-corrected chi connectivity index (χ4v) is 2.22. The molecule has 0 amide bonds. The normalized spacial score (nSPS) is 15.9. The maximum Gasteiger partial charge on any atom is 0.152 e. The van der Waals surface area contributed by atoms with E-state index in [1.807, 2.05) is 24.3 Å². The van der Waals surface area contributed by atoms with Gasteiger partial charge in [-0.25, -0.2) is 4.98 Å². The third kappa shape index (κ3) is 1.95. The Kier molecular flexibility index (Phi) is 2.94. The molecule has 2 heterocycles. The number of benzene rings is 1. The van der Waals surface area contributed by atoms with Crippen molar-refractivity contribution in [2.45, 2.75) is 0 Å². The molecular formula is C14H14N2O2. The second kappa shape index (κ2) is 4.74. The van der Waals surface area contributed by atoms with Crippen LogP contribution in [0.25, 0.3) is 10.9 Å². The number of rotatable bonds is 2. The average molecular weight is 242 g/mol.